The smallest absolute Gasteiger partial charge is 0.129 e. The Morgan fingerprint density at radius 1 is 0.889 bits per heavy atom. The second-order valence-corrected chi connectivity index (χ2v) is 6.53. The zero-order valence-electron chi connectivity index (χ0n) is 16.6. The molecule has 1 heterocycles. The number of nitrogens with zero attached hydrogens (tertiary/aromatic N) is 1. The first-order chi connectivity index (χ1) is 13.2. The van der Waals surface area contributed by atoms with Gasteiger partial charge in [-0.15, -0.1) is 0 Å². The van der Waals surface area contributed by atoms with Crippen molar-refractivity contribution >= 4 is 0 Å². The average Bonchev–Trinajstić information content (AvgIpc) is 2.72. The molecular formula is C24H27NO2. The van der Waals surface area contributed by atoms with E-state index in [-0.39, 0.29) is 0 Å². The molecule has 2 aromatic carbocycles. The average molecular weight is 361 g/mol. The number of ether oxygens (including phenoxy) is 2. The van der Waals surface area contributed by atoms with Gasteiger partial charge >= 0.3 is 0 Å². The van der Waals surface area contributed by atoms with Crippen LogP contribution in [0.5, 0.6) is 11.5 Å². The third kappa shape index (κ3) is 4.13. The summed E-state index contributed by atoms with van der Waals surface area (Å²) in [5.41, 5.74) is 6.76. The van der Waals surface area contributed by atoms with Crippen molar-refractivity contribution in [2.75, 3.05) is 7.11 Å². The van der Waals surface area contributed by atoms with Crippen LogP contribution >= 0.6 is 0 Å². The van der Waals surface area contributed by atoms with Gasteiger partial charge in [0.2, 0.25) is 0 Å². The van der Waals surface area contributed by atoms with E-state index in [9.17, 15) is 0 Å². The highest BCUT2D eigenvalue weighted by Gasteiger charge is 2.16. The minimum atomic E-state index is 0.433. The van der Waals surface area contributed by atoms with Crippen LogP contribution in [0, 0.1) is 6.92 Å². The van der Waals surface area contributed by atoms with E-state index in [1.54, 1.807) is 7.11 Å². The van der Waals surface area contributed by atoms with E-state index in [4.69, 9.17) is 14.5 Å². The molecular weight excluding hydrogens is 334 g/mol. The Labute approximate surface area is 162 Å². The number of para-hydroxylation sites is 1. The van der Waals surface area contributed by atoms with E-state index in [0.717, 1.165) is 41.3 Å². The highest BCUT2D eigenvalue weighted by Crippen LogP contribution is 2.33. The molecule has 0 fully saturated rings. The van der Waals surface area contributed by atoms with Crippen LogP contribution in [-0.2, 0) is 19.4 Å². The van der Waals surface area contributed by atoms with E-state index in [2.05, 4.69) is 32.0 Å². The summed E-state index contributed by atoms with van der Waals surface area (Å²) in [5.74, 6) is 1.66. The summed E-state index contributed by atoms with van der Waals surface area (Å²) in [5, 5.41) is 0. The van der Waals surface area contributed by atoms with Gasteiger partial charge in [0.1, 0.15) is 18.1 Å². The van der Waals surface area contributed by atoms with E-state index in [1.165, 1.54) is 16.7 Å². The van der Waals surface area contributed by atoms with Crippen molar-refractivity contribution in [3.63, 3.8) is 0 Å². The molecule has 0 bridgehead atoms. The summed E-state index contributed by atoms with van der Waals surface area (Å²) in [6.07, 6.45) is 1.95. The van der Waals surface area contributed by atoms with Gasteiger partial charge in [0.15, 0.2) is 0 Å². The quantitative estimate of drug-likeness (QED) is 0.535. The van der Waals surface area contributed by atoms with Gasteiger partial charge in [-0.05, 0) is 43.0 Å². The Morgan fingerprint density at radius 2 is 1.56 bits per heavy atom. The van der Waals surface area contributed by atoms with Gasteiger partial charge < -0.3 is 9.47 Å². The van der Waals surface area contributed by atoms with Crippen molar-refractivity contribution < 1.29 is 9.47 Å². The maximum atomic E-state index is 5.93. The molecule has 0 saturated heterocycles. The monoisotopic (exact) mass is 361 g/mol. The molecule has 0 radical (unpaired) electrons. The van der Waals surface area contributed by atoms with Gasteiger partial charge in [-0.2, -0.15) is 0 Å². The summed E-state index contributed by atoms with van der Waals surface area (Å²) in [4.78, 5) is 4.92. The Balaban J connectivity index is 2.00. The zero-order chi connectivity index (χ0) is 19.2. The first-order valence-electron chi connectivity index (χ1n) is 9.51. The number of methoxy groups -OCH3 is 1. The second kappa shape index (κ2) is 8.72. The number of benzene rings is 2. The summed E-state index contributed by atoms with van der Waals surface area (Å²) in [6.45, 7) is 6.83. The van der Waals surface area contributed by atoms with Crippen LogP contribution in [0.3, 0.4) is 0 Å². The maximum absolute atomic E-state index is 5.93. The molecule has 0 saturated carbocycles. The molecule has 0 atom stereocenters. The number of rotatable bonds is 7. The van der Waals surface area contributed by atoms with Crippen LogP contribution in [-0.4, -0.2) is 12.1 Å². The van der Waals surface area contributed by atoms with Crippen molar-refractivity contribution in [3.8, 4) is 22.8 Å². The van der Waals surface area contributed by atoms with Crippen LogP contribution in [0.2, 0.25) is 0 Å². The lowest BCUT2D eigenvalue weighted by Gasteiger charge is -2.17. The highest BCUT2D eigenvalue weighted by atomic mass is 16.5. The molecule has 3 rings (SSSR count). The van der Waals surface area contributed by atoms with Crippen LogP contribution < -0.4 is 9.47 Å². The molecule has 0 aliphatic carbocycles. The van der Waals surface area contributed by atoms with Gasteiger partial charge in [0.25, 0.3) is 0 Å². The Morgan fingerprint density at radius 3 is 2.15 bits per heavy atom. The molecule has 3 aromatic rings. The number of hydrogen-bond acceptors (Lipinski definition) is 3. The highest BCUT2D eigenvalue weighted by molar-refractivity contribution is 5.70. The predicted molar refractivity (Wildman–Crippen MR) is 110 cm³/mol. The zero-order valence-corrected chi connectivity index (χ0v) is 16.6. The van der Waals surface area contributed by atoms with Gasteiger partial charge in [0, 0.05) is 17.3 Å². The minimum absolute atomic E-state index is 0.433. The number of aryl methyl sites for hydroxylation is 3. The van der Waals surface area contributed by atoms with Gasteiger partial charge in [-0.3, -0.25) is 4.98 Å². The topological polar surface area (TPSA) is 31.4 Å². The predicted octanol–water partition coefficient (Wildman–Crippen LogP) is 5.77. The van der Waals surface area contributed by atoms with Gasteiger partial charge in [-0.1, -0.05) is 50.2 Å². The fourth-order valence-corrected chi connectivity index (χ4v) is 3.40. The molecule has 3 heteroatoms. The summed E-state index contributed by atoms with van der Waals surface area (Å²) >= 11 is 0. The largest absolute Gasteiger partial charge is 0.496 e. The summed E-state index contributed by atoms with van der Waals surface area (Å²) < 4.78 is 11.6. The van der Waals surface area contributed by atoms with Crippen molar-refractivity contribution in [1.82, 2.24) is 4.98 Å². The van der Waals surface area contributed by atoms with Crippen LogP contribution in [0.15, 0.2) is 54.6 Å². The summed E-state index contributed by atoms with van der Waals surface area (Å²) in [7, 11) is 1.71. The summed E-state index contributed by atoms with van der Waals surface area (Å²) in [6, 6.07) is 18.4. The van der Waals surface area contributed by atoms with Crippen LogP contribution in [0.1, 0.15) is 36.2 Å². The lowest BCUT2D eigenvalue weighted by atomic mass is 9.94. The third-order valence-corrected chi connectivity index (χ3v) is 4.89. The molecule has 0 aliphatic rings. The maximum Gasteiger partial charge on any atom is 0.129 e. The first-order valence-corrected chi connectivity index (χ1v) is 9.51. The van der Waals surface area contributed by atoms with E-state index >= 15 is 0 Å². The van der Waals surface area contributed by atoms with Crippen molar-refractivity contribution in [2.24, 2.45) is 0 Å². The van der Waals surface area contributed by atoms with Crippen LogP contribution in [0.4, 0.5) is 0 Å². The molecule has 140 valence electrons. The Kier molecular flexibility index (Phi) is 6.12. The molecule has 0 unspecified atom stereocenters. The SMILES string of the molecule is CCc1cccc(CC)c1-c1cc(OC)c(COc2ccccc2)c(C)n1. The van der Waals surface area contributed by atoms with Gasteiger partial charge in [0.05, 0.1) is 18.4 Å². The van der Waals surface area contributed by atoms with Crippen LogP contribution in [0.25, 0.3) is 11.3 Å². The molecule has 0 N–H and O–H groups in total. The van der Waals surface area contributed by atoms with E-state index in [1.807, 2.05) is 43.3 Å². The number of pyridine rings is 1. The molecule has 0 spiro atoms. The fraction of sp³-hybridized carbons (Fsp3) is 0.292. The van der Waals surface area contributed by atoms with Crippen molar-refractivity contribution in [3.05, 3.63) is 77.0 Å². The third-order valence-electron chi connectivity index (χ3n) is 4.89. The number of aromatic nitrogens is 1. The molecule has 3 nitrogen and oxygen atoms in total. The van der Waals surface area contributed by atoms with E-state index in [0.29, 0.717) is 6.61 Å². The lowest BCUT2D eigenvalue weighted by Crippen LogP contribution is -2.05. The number of hydrogen-bond donors (Lipinski definition) is 0. The molecule has 0 amide bonds. The molecule has 27 heavy (non-hydrogen) atoms. The Bertz CT molecular complexity index is 882. The van der Waals surface area contributed by atoms with Crippen molar-refractivity contribution in [2.45, 2.75) is 40.2 Å². The standard InChI is InChI=1S/C24H27NO2/c1-5-18-11-10-12-19(6-2)24(18)22-15-23(26-4)21(17(3)25-22)16-27-20-13-8-7-9-14-20/h7-15H,5-6,16H2,1-4H3. The van der Waals surface area contributed by atoms with Crippen molar-refractivity contribution in [1.29, 1.82) is 0 Å². The fourth-order valence-electron chi connectivity index (χ4n) is 3.40. The molecule has 1 aromatic heterocycles. The van der Waals surface area contributed by atoms with Gasteiger partial charge in [-0.25, -0.2) is 0 Å². The second-order valence-electron chi connectivity index (χ2n) is 6.53. The molecule has 0 aliphatic heterocycles. The normalized spacial score (nSPS) is 10.7. The lowest BCUT2D eigenvalue weighted by molar-refractivity contribution is 0.295. The Hall–Kier alpha value is -2.81. The first kappa shape index (κ1) is 19.0. The van der Waals surface area contributed by atoms with E-state index < -0.39 is 0 Å². The minimum Gasteiger partial charge on any atom is -0.496 e.